The molecule has 1 fully saturated rings. The highest BCUT2D eigenvalue weighted by molar-refractivity contribution is 5.76. The third-order valence-electron chi connectivity index (χ3n) is 5.56. The standard InChI is InChI=1S/C22H34N2O3/c1-2-3-4-5-6-7-8-9-22(25)24-14-12-23(13-15-24)17-19-10-11-20-21(16-19)27-18-26-20/h10-11,16H,2-9,12-15,17-18H2,1H3. The Labute approximate surface area is 163 Å². The van der Waals surface area contributed by atoms with E-state index in [4.69, 9.17) is 9.47 Å². The predicted octanol–water partition coefficient (Wildman–Crippen LogP) is 4.20. The van der Waals surface area contributed by atoms with E-state index in [1.165, 1.54) is 44.1 Å². The first kappa shape index (κ1) is 20.0. The van der Waals surface area contributed by atoms with E-state index in [0.717, 1.165) is 57.1 Å². The summed E-state index contributed by atoms with van der Waals surface area (Å²) in [4.78, 5) is 16.9. The Bertz CT molecular complexity index is 597. The molecule has 150 valence electrons. The predicted molar refractivity (Wildman–Crippen MR) is 107 cm³/mol. The Morgan fingerprint density at radius 1 is 0.926 bits per heavy atom. The molecule has 2 heterocycles. The first-order chi connectivity index (χ1) is 13.3. The molecule has 1 aromatic rings. The molecule has 27 heavy (non-hydrogen) atoms. The SMILES string of the molecule is CCCCCCCCCC(=O)N1CCN(Cc2ccc3c(c2)OCO3)CC1. The van der Waals surface area contributed by atoms with Crippen LogP contribution < -0.4 is 9.47 Å². The number of hydrogen-bond donors (Lipinski definition) is 0. The summed E-state index contributed by atoms with van der Waals surface area (Å²) in [6, 6.07) is 6.16. The van der Waals surface area contributed by atoms with E-state index in [2.05, 4.69) is 24.0 Å². The fourth-order valence-corrected chi connectivity index (χ4v) is 3.84. The molecule has 1 saturated heterocycles. The lowest BCUT2D eigenvalue weighted by Crippen LogP contribution is -2.48. The van der Waals surface area contributed by atoms with Gasteiger partial charge in [-0.3, -0.25) is 9.69 Å². The molecule has 0 aromatic heterocycles. The second-order valence-electron chi connectivity index (χ2n) is 7.72. The summed E-state index contributed by atoms with van der Waals surface area (Å²) in [5.74, 6) is 2.02. The van der Waals surface area contributed by atoms with Crippen molar-refractivity contribution in [2.45, 2.75) is 64.8 Å². The molecule has 1 aromatic carbocycles. The summed E-state index contributed by atoms with van der Waals surface area (Å²) in [7, 11) is 0. The van der Waals surface area contributed by atoms with Crippen LogP contribution in [0.25, 0.3) is 0 Å². The lowest BCUT2D eigenvalue weighted by Gasteiger charge is -2.34. The van der Waals surface area contributed by atoms with Crippen LogP contribution >= 0.6 is 0 Å². The van der Waals surface area contributed by atoms with Crippen molar-refractivity contribution in [1.82, 2.24) is 9.80 Å². The van der Waals surface area contributed by atoms with Crippen molar-refractivity contribution in [2.75, 3.05) is 33.0 Å². The average Bonchev–Trinajstić information content (AvgIpc) is 3.15. The molecule has 5 nitrogen and oxygen atoms in total. The number of piperazine rings is 1. The smallest absolute Gasteiger partial charge is 0.231 e. The molecule has 0 unspecified atom stereocenters. The van der Waals surface area contributed by atoms with E-state index in [0.29, 0.717) is 12.7 Å². The maximum Gasteiger partial charge on any atom is 0.231 e. The second kappa shape index (κ2) is 10.5. The summed E-state index contributed by atoms with van der Waals surface area (Å²) in [5, 5.41) is 0. The van der Waals surface area contributed by atoms with E-state index >= 15 is 0 Å². The van der Waals surface area contributed by atoms with E-state index in [-0.39, 0.29) is 0 Å². The van der Waals surface area contributed by atoms with Gasteiger partial charge in [0, 0.05) is 39.1 Å². The first-order valence-corrected chi connectivity index (χ1v) is 10.6. The van der Waals surface area contributed by atoms with Gasteiger partial charge in [0.1, 0.15) is 0 Å². The van der Waals surface area contributed by atoms with Crippen LogP contribution in [0.3, 0.4) is 0 Å². The summed E-state index contributed by atoms with van der Waals surface area (Å²) in [6.45, 7) is 7.04. The fourth-order valence-electron chi connectivity index (χ4n) is 3.84. The van der Waals surface area contributed by atoms with Gasteiger partial charge >= 0.3 is 0 Å². The fraction of sp³-hybridized carbons (Fsp3) is 0.682. The molecule has 0 spiro atoms. The van der Waals surface area contributed by atoms with Crippen LogP contribution in [0.5, 0.6) is 11.5 Å². The number of ether oxygens (including phenoxy) is 2. The van der Waals surface area contributed by atoms with E-state index in [9.17, 15) is 4.79 Å². The number of carbonyl (C=O) groups is 1. The van der Waals surface area contributed by atoms with Gasteiger partial charge in [-0.15, -0.1) is 0 Å². The molecule has 0 N–H and O–H groups in total. The average molecular weight is 375 g/mol. The number of amides is 1. The van der Waals surface area contributed by atoms with Gasteiger partial charge in [-0.05, 0) is 24.1 Å². The van der Waals surface area contributed by atoms with Crippen molar-refractivity contribution in [3.8, 4) is 11.5 Å². The Kier molecular flexibility index (Phi) is 7.81. The number of unbranched alkanes of at least 4 members (excludes halogenated alkanes) is 6. The zero-order chi connectivity index (χ0) is 18.9. The van der Waals surface area contributed by atoms with Gasteiger partial charge in [-0.1, -0.05) is 51.5 Å². The number of carbonyl (C=O) groups excluding carboxylic acids is 1. The van der Waals surface area contributed by atoms with Crippen LogP contribution in [-0.4, -0.2) is 48.7 Å². The Morgan fingerprint density at radius 2 is 1.63 bits per heavy atom. The van der Waals surface area contributed by atoms with Crippen LogP contribution in [0.1, 0.15) is 63.9 Å². The van der Waals surface area contributed by atoms with Crippen molar-refractivity contribution in [3.63, 3.8) is 0 Å². The number of benzene rings is 1. The Balaban J connectivity index is 1.31. The van der Waals surface area contributed by atoms with Crippen LogP contribution in [-0.2, 0) is 11.3 Å². The molecule has 0 atom stereocenters. The molecule has 0 radical (unpaired) electrons. The van der Waals surface area contributed by atoms with Crippen LogP contribution in [0.15, 0.2) is 18.2 Å². The summed E-state index contributed by atoms with van der Waals surface area (Å²) >= 11 is 0. The topological polar surface area (TPSA) is 42.0 Å². The highest BCUT2D eigenvalue weighted by Crippen LogP contribution is 2.32. The molecule has 5 heteroatoms. The summed E-state index contributed by atoms with van der Waals surface area (Å²) in [6.07, 6.45) is 9.53. The molecule has 0 saturated carbocycles. The highest BCUT2D eigenvalue weighted by Gasteiger charge is 2.21. The first-order valence-electron chi connectivity index (χ1n) is 10.6. The minimum Gasteiger partial charge on any atom is -0.454 e. The quantitative estimate of drug-likeness (QED) is 0.576. The van der Waals surface area contributed by atoms with Gasteiger partial charge in [0.25, 0.3) is 0 Å². The number of hydrogen-bond acceptors (Lipinski definition) is 4. The van der Waals surface area contributed by atoms with E-state index < -0.39 is 0 Å². The lowest BCUT2D eigenvalue weighted by atomic mass is 10.1. The minimum absolute atomic E-state index is 0.318. The third kappa shape index (κ3) is 6.13. The van der Waals surface area contributed by atoms with Gasteiger partial charge in [-0.25, -0.2) is 0 Å². The van der Waals surface area contributed by atoms with Gasteiger partial charge in [0.2, 0.25) is 12.7 Å². The van der Waals surface area contributed by atoms with Crippen molar-refractivity contribution in [1.29, 1.82) is 0 Å². The molecule has 2 aliphatic rings. The largest absolute Gasteiger partial charge is 0.454 e. The van der Waals surface area contributed by atoms with Crippen molar-refractivity contribution >= 4 is 5.91 Å². The molecule has 0 aliphatic carbocycles. The number of nitrogens with zero attached hydrogens (tertiary/aromatic N) is 2. The Hall–Kier alpha value is -1.75. The number of fused-ring (bicyclic) bond motifs is 1. The zero-order valence-electron chi connectivity index (χ0n) is 16.8. The summed E-state index contributed by atoms with van der Waals surface area (Å²) in [5.41, 5.74) is 1.24. The van der Waals surface area contributed by atoms with Gasteiger partial charge < -0.3 is 14.4 Å². The van der Waals surface area contributed by atoms with Crippen LogP contribution in [0.2, 0.25) is 0 Å². The summed E-state index contributed by atoms with van der Waals surface area (Å²) < 4.78 is 10.8. The van der Waals surface area contributed by atoms with Crippen LogP contribution in [0.4, 0.5) is 0 Å². The number of rotatable bonds is 10. The molecule has 1 amide bonds. The third-order valence-corrected chi connectivity index (χ3v) is 5.56. The molecule has 3 rings (SSSR count). The normalized spacial score (nSPS) is 16.7. The second-order valence-corrected chi connectivity index (χ2v) is 7.72. The highest BCUT2D eigenvalue weighted by atomic mass is 16.7. The maximum absolute atomic E-state index is 12.4. The minimum atomic E-state index is 0.318. The monoisotopic (exact) mass is 374 g/mol. The van der Waals surface area contributed by atoms with E-state index in [1.807, 2.05) is 11.0 Å². The maximum atomic E-state index is 12.4. The molecule has 2 aliphatic heterocycles. The van der Waals surface area contributed by atoms with Gasteiger partial charge in [-0.2, -0.15) is 0 Å². The van der Waals surface area contributed by atoms with Gasteiger partial charge in [0.05, 0.1) is 0 Å². The van der Waals surface area contributed by atoms with Crippen LogP contribution in [0, 0.1) is 0 Å². The molecule has 0 bridgehead atoms. The van der Waals surface area contributed by atoms with E-state index in [1.54, 1.807) is 0 Å². The molecular weight excluding hydrogens is 340 g/mol. The van der Waals surface area contributed by atoms with Crippen molar-refractivity contribution in [2.24, 2.45) is 0 Å². The zero-order valence-corrected chi connectivity index (χ0v) is 16.8. The Morgan fingerprint density at radius 3 is 2.41 bits per heavy atom. The van der Waals surface area contributed by atoms with Crippen molar-refractivity contribution in [3.05, 3.63) is 23.8 Å². The van der Waals surface area contributed by atoms with Gasteiger partial charge in [0.15, 0.2) is 11.5 Å². The molecular formula is C22H34N2O3. The lowest BCUT2D eigenvalue weighted by molar-refractivity contribution is -0.133. The van der Waals surface area contributed by atoms with Crippen molar-refractivity contribution < 1.29 is 14.3 Å².